The third-order valence-corrected chi connectivity index (χ3v) is 4.56. The Kier molecular flexibility index (Phi) is 3.81. The van der Waals surface area contributed by atoms with Crippen molar-refractivity contribution in [3.8, 4) is 0 Å². The second-order valence-corrected chi connectivity index (χ2v) is 6.23. The van der Waals surface area contributed by atoms with Gasteiger partial charge in [-0.05, 0) is 39.7 Å². The average Bonchev–Trinajstić information content (AvgIpc) is 3.17. The molecule has 1 aliphatic rings. The Morgan fingerprint density at radius 1 is 1.45 bits per heavy atom. The minimum absolute atomic E-state index is 0.150. The summed E-state index contributed by atoms with van der Waals surface area (Å²) in [5.41, 5.74) is 2.12. The largest absolute Gasteiger partial charge is 0.466 e. The Morgan fingerprint density at radius 3 is 2.82 bits per heavy atom. The molecule has 1 saturated heterocycles. The maximum atomic E-state index is 13.0. The van der Waals surface area contributed by atoms with E-state index in [1.807, 2.05) is 51.2 Å². The van der Waals surface area contributed by atoms with Crippen molar-refractivity contribution >= 4 is 5.91 Å². The zero-order chi connectivity index (χ0) is 15.9. The summed E-state index contributed by atoms with van der Waals surface area (Å²) in [5, 5.41) is 4.24. The molecular formula is C17H23N3O2. The highest BCUT2D eigenvalue weighted by molar-refractivity contribution is 5.84. The van der Waals surface area contributed by atoms with Gasteiger partial charge in [0, 0.05) is 30.9 Å². The van der Waals surface area contributed by atoms with Gasteiger partial charge in [0.25, 0.3) is 0 Å². The number of furan rings is 1. The van der Waals surface area contributed by atoms with Crippen LogP contribution in [0.2, 0.25) is 0 Å². The summed E-state index contributed by atoms with van der Waals surface area (Å²) in [6, 6.07) is 2.13. The second-order valence-electron chi connectivity index (χ2n) is 6.23. The van der Waals surface area contributed by atoms with Crippen molar-refractivity contribution in [2.24, 2.45) is 7.05 Å². The summed E-state index contributed by atoms with van der Waals surface area (Å²) in [6.45, 7) is 6.63. The van der Waals surface area contributed by atoms with Crippen molar-refractivity contribution in [2.45, 2.75) is 45.6 Å². The molecule has 0 radical (unpaired) electrons. The molecule has 1 aliphatic heterocycles. The van der Waals surface area contributed by atoms with Gasteiger partial charge in [0.2, 0.25) is 5.91 Å². The molecular weight excluding hydrogens is 278 g/mol. The highest BCUT2D eigenvalue weighted by atomic mass is 16.3. The molecule has 0 N–H and O–H groups in total. The molecule has 3 heterocycles. The molecule has 22 heavy (non-hydrogen) atoms. The van der Waals surface area contributed by atoms with Crippen molar-refractivity contribution in [2.75, 3.05) is 6.54 Å². The number of hydrogen-bond donors (Lipinski definition) is 0. The quantitative estimate of drug-likeness (QED) is 0.875. The minimum Gasteiger partial charge on any atom is -0.466 e. The molecule has 2 aromatic heterocycles. The first kappa shape index (κ1) is 14.9. The predicted octanol–water partition coefficient (Wildman–Crippen LogP) is 3.10. The number of aryl methyl sites for hydroxylation is 3. The number of carbonyl (C=O) groups is 1. The standard InChI is InChI=1S/C17H23N3O2/c1-11-8-15(13(3)22-11)12(2)17(21)20-7-5-6-16(20)14-9-18-19(4)10-14/h8-10,12,16H,5-7H2,1-4H3/t12-,16+/m1/s1. The zero-order valence-electron chi connectivity index (χ0n) is 13.7. The fourth-order valence-electron chi connectivity index (χ4n) is 3.45. The Balaban J connectivity index is 1.83. The normalized spacial score (nSPS) is 19.6. The van der Waals surface area contributed by atoms with Crippen LogP contribution in [0.15, 0.2) is 22.9 Å². The van der Waals surface area contributed by atoms with Crippen molar-refractivity contribution in [1.82, 2.24) is 14.7 Å². The van der Waals surface area contributed by atoms with Gasteiger partial charge in [0.05, 0.1) is 18.2 Å². The summed E-state index contributed by atoms with van der Waals surface area (Å²) in [5.74, 6) is 1.71. The van der Waals surface area contributed by atoms with Crippen molar-refractivity contribution in [1.29, 1.82) is 0 Å². The molecule has 3 rings (SSSR count). The number of carbonyl (C=O) groups excluding carboxylic acids is 1. The molecule has 5 heteroatoms. The number of nitrogens with zero attached hydrogens (tertiary/aromatic N) is 3. The predicted molar refractivity (Wildman–Crippen MR) is 83.5 cm³/mol. The summed E-state index contributed by atoms with van der Waals surface area (Å²) >= 11 is 0. The molecule has 0 saturated carbocycles. The second kappa shape index (κ2) is 5.63. The molecule has 0 aliphatic carbocycles. The van der Waals surface area contributed by atoms with Crippen LogP contribution < -0.4 is 0 Å². The fraction of sp³-hybridized carbons (Fsp3) is 0.529. The lowest BCUT2D eigenvalue weighted by Crippen LogP contribution is -2.33. The van der Waals surface area contributed by atoms with E-state index in [0.29, 0.717) is 0 Å². The van der Waals surface area contributed by atoms with E-state index in [1.165, 1.54) is 0 Å². The van der Waals surface area contributed by atoms with E-state index in [4.69, 9.17) is 4.42 Å². The first-order valence-corrected chi connectivity index (χ1v) is 7.83. The van der Waals surface area contributed by atoms with E-state index in [2.05, 4.69) is 5.10 Å². The van der Waals surface area contributed by atoms with Gasteiger partial charge >= 0.3 is 0 Å². The van der Waals surface area contributed by atoms with Crippen molar-refractivity contribution in [3.63, 3.8) is 0 Å². The number of amides is 1. The summed E-state index contributed by atoms with van der Waals surface area (Å²) < 4.78 is 7.37. The maximum absolute atomic E-state index is 13.0. The smallest absolute Gasteiger partial charge is 0.230 e. The lowest BCUT2D eigenvalue weighted by molar-refractivity contribution is -0.133. The van der Waals surface area contributed by atoms with Crippen LogP contribution in [0.1, 0.15) is 54.4 Å². The highest BCUT2D eigenvalue weighted by Crippen LogP contribution is 2.35. The van der Waals surface area contributed by atoms with E-state index in [1.54, 1.807) is 4.68 Å². The van der Waals surface area contributed by atoms with E-state index in [0.717, 1.165) is 42.0 Å². The van der Waals surface area contributed by atoms with Crippen LogP contribution in [0.5, 0.6) is 0 Å². The van der Waals surface area contributed by atoms with E-state index in [-0.39, 0.29) is 17.9 Å². The Morgan fingerprint density at radius 2 is 2.23 bits per heavy atom. The Hall–Kier alpha value is -2.04. The number of hydrogen-bond acceptors (Lipinski definition) is 3. The molecule has 2 atom stereocenters. The molecule has 118 valence electrons. The van der Waals surface area contributed by atoms with Crippen molar-refractivity contribution < 1.29 is 9.21 Å². The summed E-state index contributed by atoms with van der Waals surface area (Å²) in [6.07, 6.45) is 5.93. The van der Waals surface area contributed by atoms with Crippen LogP contribution in [0.25, 0.3) is 0 Å². The molecule has 5 nitrogen and oxygen atoms in total. The number of rotatable bonds is 3. The SMILES string of the molecule is Cc1cc([C@@H](C)C(=O)N2CCC[C@H]2c2cnn(C)c2)c(C)o1. The minimum atomic E-state index is -0.172. The average molecular weight is 301 g/mol. The molecule has 0 unspecified atom stereocenters. The van der Waals surface area contributed by atoms with Gasteiger partial charge < -0.3 is 9.32 Å². The van der Waals surface area contributed by atoms with Gasteiger partial charge in [0.1, 0.15) is 11.5 Å². The van der Waals surface area contributed by atoms with Crippen LogP contribution in [0.4, 0.5) is 0 Å². The Bertz CT molecular complexity index is 686. The number of likely N-dealkylation sites (tertiary alicyclic amines) is 1. The van der Waals surface area contributed by atoms with Gasteiger partial charge in [-0.15, -0.1) is 0 Å². The van der Waals surface area contributed by atoms with Crippen LogP contribution in [-0.4, -0.2) is 27.1 Å². The Labute approximate surface area is 130 Å². The van der Waals surface area contributed by atoms with Gasteiger partial charge in [-0.3, -0.25) is 9.48 Å². The molecule has 1 fully saturated rings. The fourth-order valence-corrected chi connectivity index (χ4v) is 3.45. The third kappa shape index (κ3) is 2.56. The first-order chi connectivity index (χ1) is 10.5. The van der Waals surface area contributed by atoms with Crippen LogP contribution in [-0.2, 0) is 11.8 Å². The molecule has 0 aromatic carbocycles. The molecule has 0 bridgehead atoms. The molecule has 1 amide bonds. The monoisotopic (exact) mass is 301 g/mol. The lowest BCUT2D eigenvalue weighted by Gasteiger charge is -2.27. The van der Waals surface area contributed by atoms with Gasteiger partial charge in [0.15, 0.2) is 0 Å². The zero-order valence-corrected chi connectivity index (χ0v) is 13.7. The van der Waals surface area contributed by atoms with Crippen LogP contribution >= 0.6 is 0 Å². The van der Waals surface area contributed by atoms with E-state index in [9.17, 15) is 4.79 Å². The van der Waals surface area contributed by atoms with E-state index < -0.39 is 0 Å². The highest BCUT2D eigenvalue weighted by Gasteiger charge is 2.34. The lowest BCUT2D eigenvalue weighted by atomic mass is 9.99. The summed E-state index contributed by atoms with van der Waals surface area (Å²) in [4.78, 5) is 15.0. The maximum Gasteiger partial charge on any atom is 0.230 e. The van der Waals surface area contributed by atoms with Gasteiger partial charge in [-0.25, -0.2) is 0 Å². The molecule has 0 spiro atoms. The van der Waals surface area contributed by atoms with Gasteiger partial charge in [-0.2, -0.15) is 5.10 Å². The first-order valence-electron chi connectivity index (χ1n) is 7.83. The van der Waals surface area contributed by atoms with Crippen LogP contribution in [0, 0.1) is 13.8 Å². The van der Waals surface area contributed by atoms with Crippen LogP contribution in [0.3, 0.4) is 0 Å². The van der Waals surface area contributed by atoms with E-state index >= 15 is 0 Å². The summed E-state index contributed by atoms with van der Waals surface area (Å²) in [7, 11) is 1.91. The third-order valence-electron chi connectivity index (χ3n) is 4.56. The van der Waals surface area contributed by atoms with Gasteiger partial charge in [-0.1, -0.05) is 0 Å². The number of aromatic nitrogens is 2. The topological polar surface area (TPSA) is 51.3 Å². The van der Waals surface area contributed by atoms with Crippen molar-refractivity contribution in [3.05, 3.63) is 41.1 Å². The molecule has 2 aromatic rings.